The van der Waals surface area contributed by atoms with Gasteiger partial charge in [-0.05, 0) is 64.8 Å². The van der Waals surface area contributed by atoms with Gasteiger partial charge in [-0.3, -0.25) is 0 Å². The molecule has 0 radical (unpaired) electrons. The molecule has 0 aromatic carbocycles. The van der Waals surface area contributed by atoms with Crippen LogP contribution in [0.25, 0.3) is 0 Å². The van der Waals surface area contributed by atoms with Crippen molar-refractivity contribution in [2.75, 3.05) is 19.6 Å². The summed E-state index contributed by atoms with van der Waals surface area (Å²) in [7, 11) is 0. The maximum atomic E-state index is 12.1. The van der Waals surface area contributed by atoms with Crippen LogP contribution in [0.4, 0.5) is 4.79 Å². The highest BCUT2D eigenvalue weighted by molar-refractivity contribution is 5.68. The number of hydrogen-bond donors (Lipinski definition) is 1. The second-order valence-corrected chi connectivity index (χ2v) is 7.29. The van der Waals surface area contributed by atoms with Crippen LogP contribution in [0.3, 0.4) is 0 Å². The quantitative estimate of drug-likeness (QED) is 0.842. The Bertz CT molecular complexity index is 334. The molecule has 20 heavy (non-hydrogen) atoms. The van der Waals surface area contributed by atoms with Gasteiger partial charge in [0.1, 0.15) is 5.60 Å². The summed E-state index contributed by atoms with van der Waals surface area (Å²) in [6.45, 7) is 10.8. The van der Waals surface area contributed by atoms with E-state index in [0.717, 1.165) is 32.0 Å². The summed E-state index contributed by atoms with van der Waals surface area (Å²) in [5.74, 6) is 1.44. The third kappa shape index (κ3) is 4.37. The second-order valence-electron chi connectivity index (χ2n) is 7.29. The van der Waals surface area contributed by atoms with E-state index in [1.54, 1.807) is 0 Å². The van der Waals surface area contributed by atoms with Crippen LogP contribution in [0, 0.1) is 11.8 Å². The van der Waals surface area contributed by atoms with E-state index in [1.165, 1.54) is 19.3 Å². The number of carbonyl (C=O) groups excluding carboxylic acids is 1. The van der Waals surface area contributed by atoms with Crippen molar-refractivity contribution in [3.8, 4) is 0 Å². The molecule has 1 N–H and O–H groups in total. The van der Waals surface area contributed by atoms with Crippen molar-refractivity contribution >= 4 is 6.09 Å². The summed E-state index contributed by atoms with van der Waals surface area (Å²) in [5.41, 5.74) is -0.397. The van der Waals surface area contributed by atoms with Crippen molar-refractivity contribution in [2.45, 2.75) is 65.0 Å². The zero-order chi connectivity index (χ0) is 14.8. The van der Waals surface area contributed by atoms with E-state index >= 15 is 0 Å². The zero-order valence-electron chi connectivity index (χ0n) is 13.4. The lowest BCUT2D eigenvalue weighted by Crippen LogP contribution is -2.41. The van der Waals surface area contributed by atoms with Crippen molar-refractivity contribution in [1.29, 1.82) is 0 Å². The Hall–Kier alpha value is -0.770. The monoisotopic (exact) mass is 282 g/mol. The van der Waals surface area contributed by atoms with E-state index < -0.39 is 5.60 Å². The smallest absolute Gasteiger partial charge is 0.410 e. The maximum Gasteiger partial charge on any atom is 0.410 e. The molecule has 2 fully saturated rings. The zero-order valence-corrected chi connectivity index (χ0v) is 13.4. The average molecular weight is 282 g/mol. The highest BCUT2D eigenvalue weighted by Crippen LogP contribution is 2.38. The highest BCUT2D eigenvalue weighted by Gasteiger charge is 2.40. The molecule has 1 saturated carbocycles. The summed E-state index contributed by atoms with van der Waals surface area (Å²) in [4.78, 5) is 14.0. The summed E-state index contributed by atoms with van der Waals surface area (Å²) in [6.07, 6.45) is 4.84. The molecule has 116 valence electrons. The first-order chi connectivity index (χ1) is 9.40. The Morgan fingerprint density at radius 1 is 1.30 bits per heavy atom. The number of ether oxygens (including phenoxy) is 1. The van der Waals surface area contributed by atoms with Crippen LogP contribution in [-0.2, 0) is 4.74 Å². The number of rotatable bonds is 5. The van der Waals surface area contributed by atoms with Gasteiger partial charge in [0, 0.05) is 19.1 Å². The van der Waals surface area contributed by atoms with Gasteiger partial charge < -0.3 is 15.0 Å². The highest BCUT2D eigenvalue weighted by atomic mass is 16.6. The average Bonchev–Trinajstić information content (AvgIpc) is 3.04. The number of nitrogens with zero attached hydrogens (tertiary/aromatic N) is 1. The van der Waals surface area contributed by atoms with Gasteiger partial charge in [0.2, 0.25) is 0 Å². The molecule has 1 aliphatic heterocycles. The van der Waals surface area contributed by atoms with Crippen molar-refractivity contribution in [3.05, 3.63) is 0 Å². The van der Waals surface area contributed by atoms with Crippen molar-refractivity contribution in [2.24, 2.45) is 11.8 Å². The van der Waals surface area contributed by atoms with Gasteiger partial charge in [0.05, 0.1) is 0 Å². The van der Waals surface area contributed by atoms with Crippen molar-refractivity contribution < 1.29 is 9.53 Å². The minimum Gasteiger partial charge on any atom is -0.444 e. The molecule has 0 bridgehead atoms. The van der Waals surface area contributed by atoms with Gasteiger partial charge in [0.25, 0.3) is 0 Å². The Morgan fingerprint density at radius 2 is 2.00 bits per heavy atom. The number of nitrogens with one attached hydrogen (secondary N) is 1. The van der Waals surface area contributed by atoms with Crippen LogP contribution >= 0.6 is 0 Å². The van der Waals surface area contributed by atoms with E-state index in [4.69, 9.17) is 4.74 Å². The van der Waals surface area contributed by atoms with Crippen LogP contribution < -0.4 is 5.32 Å². The van der Waals surface area contributed by atoms with Crippen LogP contribution in [0.5, 0.6) is 0 Å². The van der Waals surface area contributed by atoms with Gasteiger partial charge in [-0.2, -0.15) is 0 Å². The first-order valence-electron chi connectivity index (χ1n) is 8.12. The fraction of sp³-hybridized carbons (Fsp3) is 0.938. The molecule has 2 aliphatic rings. The van der Waals surface area contributed by atoms with Crippen LogP contribution in [0.2, 0.25) is 0 Å². The molecule has 0 spiro atoms. The minimum atomic E-state index is -0.397. The topological polar surface area (TPSA) is 41.6 Å². The SMILES string of the molecule is CCCNC(C1CC1)C1CCN(C(=O)OC(C)(C)C)C1. The third-order valence-electron chi connectivity index (χ3n) is 4.14. The first-order valence-corrected chi connectivity index (χ1v) is 8.12. The van der Waals surface area contributed by atoms with Gasteiger partial charge in [-0.25, -0.2) is 4.79 Å². The molecule has 2 rings (SSSR count). The predicted molar refractivity (Wildman–Crippen MR) is 80.7 cm³/mol. The second kappa shape index (κ2) is 6.33. The molecule has 1 heterocycles. The number of likely N-dealkylation sites (tertiary alicyclic amines) is 1. The largest absolute Gasteiger partial charge is 0.444 e. The Labute approximate surface area is 123 Å². The predicted octanol–water partition coefficient (Wildman–Crippen LogP) is 3.02. The first kappa shape index (κ1) is 15.6. The number of hydrogen-bond acceptors (Lipinski definition) is 3. The standard InChI is InChI=1S/C16H30N2O2/c1-5-9-17-14(12-6-7-12)13-8-10-18(11-13)15(19)20-16(2,3)4/h12-14,17H,5-11H2,1-4H3. The number of carbonyl (C=O) groups is 1. The van der Waals surface area contributed by atoms with Crippen LogP contribution in [0.1, 0.15) is 53.4 Å². The van der Waals surface area contributed by atoms with Crippen molar-refractivity contribution in [3.63, 3.8) is 0 Å². The Balaban J connectivity index is 1.85. The summed E-state index contributed by atoms with van der Waals surface area (Å²) in [6, 6.07) is 0.599. The van der Waals surface area contributed by atoms with Crippen LogP contribution in [-0.4, -0.2) is 42.3 Å². The molecule has 4 nitrogen and oxygen atoms in total. The van der Waals surface area contributed by atoms with Crippen molar-refractivity contribution in [1.82, 2.24) is 10.2 Å². The molecule has 2 unspecified atom stereocenters. The molecular weight excluding hydrogens is 252 g/mol. The lowest BCUT2D eigenvalue weighted by atomic mass is 9.94. The molecule has 0 aromatic heterocycles. The Morgan fingerprint density at radius 3 is 2.55 bits per heavy atom. The molecule has 1 amide bonds. The number of amides is 1. The summed E-state index contributed by atoms with van der Waals surface area (Å²) >= 11 is 0. The van der Waals surface area contributed by atoms with Gasteiger partial charge in [0.15, 0.2) is 0 Å². The van der Waals surface area contributed by atoms with E-state index in [0.29, 0.717) is 12.0 Å². The van der Waals surface area contributed by atoms with E-state index in [-0.39, 0.29) is 6.09 Å². The third-order valence-corrected chi connectivity index (χ3v) is 4.14. The molecule has 0 aromatic rings. The molecule has 1 aliphatic carbocycles. The fourth-order valence-electron chi connectivity index (χ4n) is 3.06. The normalized spacial score (nSPS) is 24.8. The molecule has 4 heteroatoms. The van der Waals surface area contributed by atoms with E-state index in [9.17, 15) is 4.79 Å². The molecular formula is C16H30N2O2. The Kier molecular flexibility index (Phi) is 4.95. The van der Waals surface area contributed by atoms with Gasteiger partial charge >= 0.3 is 6.09 Å². The van der Waals surface area contributed by atoms with Gasteiger partial charge in [-0.15, -0.1) is 0 Å². The van der Waals surface area contributed by atoms with Crippen LogP contribution in [0.15, 0.2) is 0 Å². The molecule has 1 saturated heterocycles. The van der Waals surface area contributed by atoms with E-state index in [2.05, 4.69) is 12.2 Å². The summed E-state index contributed by atoms with van der Waals surface area (Å²) < 4.78 is 5.47. The lowest BCUT2D eigenvalue weighted by molar-refractivity contribution is 0.0284. The molecule has 2 atom stereocenters. The van der Waals surface area contributed by atoms with Gasteiger partial charge in [-0.1, -0.05) is 6.92 Å². The lowest BCUT2D eigenvalue weighted by Gasteiger charge is -2.27. The fourth-order valence-corrected chi connectivity index (χ4v) is 3.06. The summed E-state index contributed by atoms with van der Waals surface area (Å²) in [5, 5.41) is 3.70. The minimum absolute atomic E-state index is 0.148. The maximum absolute atomic E-state index is 12.1. The van der Waals surface area contributed by atoms with E-state index in [1.807, 2.05) is 25.7 Å².